The first-order chi connectivity index (χ1) is 4.66. The van der Waals surface area contributed by atoms with Crippen molar-refractivity contribution in [3.05, 3.63) is 0 Å². The number of aliphatic hydroxyl groups is 1. The van der Waals surface area contributed by atoms with E-state index >= 15 is 0 Å². The summed E-state index contributed by atoms with van der Waals surface area (Å²) in [6.07, 6.45) is 0.940. The van der Waals surface area contributed by atoms with Gasteiger partial charge in [0.25, 0.3) is 0 Å². The second kappa shape index (κ2) is 5.23. The van der Waals surface area contributed by atoms with E-state index in [1.165, 1.54) is 0 Å². The van der Waals surface area contributed by atoms with Gasteiger partial charge in [0.05, 0.1) is 6.10 Å². The minimum Gasteiger partial charge on any atom is -0.391 e. The molecule has 0 aliphatic carbocycles. The molecule has 10 heavy (non-hydrogen) atoms. The van der Waals surface area contributed by atoms with Crippen molar-refractivity contribution in [2.75, 3.05) is 6.54 Å². The SMILES string of the molecule is CC(C)CC(O)CNC=O. The van der Waals surface area contributed by atoms with E-state index in [0.717, 1.165) is 6.42 Å². The molecule has 0 rings (SSSR count). The highest BCUT2D eigenvalue weighted by Crippen LogP contribution is 2.02. The van der Waals surface area contributed by atoms with Gasteiger partial charge in [-0.15, -0.1) is 0 Å². The van der Waals surface area contributed by atoms with Gasteiger partial charge in [-0.3, -0.25) is 4.79 Å². The van der Waals surface area contributed by atoms with E-state index in [1.807, 2.05) is 13.8 Å². The van der Waals surface area contributed by atoms with E-state index in [-0.39, 0.29) is 0 Å². The zero-order valence-electron chi connectivity index (χ0n) is 6.50. The Morgan fingerprint density at radius 1 is 1.60 bits per heavy atom. The molecule has 60 valence electrons. The molecule has 0 heterocycles. The van der Waals surface area contributed by atoms with Gasteiger partial charge in [-0.1, -0.05) is 13.8 Å². The van der Waals surface area contributed by atoms with Gasteiger partial charge in [0.2, 0.25) is 6.41 Å². The van der Waals surface area contributed by atoms with Crippen LogP contribution in [-0.2, 0) is 4.79 Å². The number of carbonyl (C=O) groups is 1. The van der Waals surface area contributed by atoms with Crippen molar-refractivity contribution in [1.29, 1.82) is 0 Å². The molecule has 0 aromatic carbocycles. The summed E-state index contributed by atoms with van der Waals surface area (Å²) in [5.74, 6) is 0.475. The Morgan fingerprint density at radius 2 is 2.20 bits per heavy atom. The summed E-state index contributed by atoms with van der Waals surface area (Å²) >= 11 is 0. The van der Waals surface area contributed by atoms with E-state index in [1.54, 1.807) is 0 Å². The Labute approximate surface area is 61.4 Å². The fraction of sp³-hybridized carbons (Fsp3) is 0.857. The molecule has 1 unspecified atom stereocenters. The second-order valence-electron chi connectivity index (χ2n) is 2.81. The molecule has 0 aromatic heterocycles. The average molecular weight is 145 g/mol. The predicted molar refractivity (Wildman–Crippen MR) is 39.5 cm³/mol. The lowest BCUT2D eigenvalue weighted by atomic mass is 10.1. The number of aliphatic hydroxyl groups excluding tert-OH is 1. The number of hydrogen-bond donors (Lipinski definition) is 2. The minimum absolute atomic E-state index is 0.363. The van der Waals surface area contributed by atoms with Crippen LogP contribution in [0.3, 0.4) is 0 Å². The topological polar surface area (TPSA) is 49.3 Å². The first-order valence-electron chi connectivity index (χ1n) is 3.52. The van der Waals surface area contributed by atoms with Crippen molar-refractivity contribution in [1.82, 2.24) is 5.32 Å². The maximum Gasteiger partial charge on any atom is 0.207 e. The van der Waals surface area contributed by atoms with E-state index in [0.29, 0.717) is 18.9 Å². The van der Waals surface area contributed by atoms with E-state index in [2.05, 4.69) is 5.32 Å². The van der Waals surface area contributed by atoms with Crippen molar-refractivity contribution >= 4 is 6.41 Å². The summed E-state index contributed by atoms with van der Waals surface area (Å²) in [6, 6.07) is 0. The Morgan fingerprint density at radius 3 is 2.60 bits per heavy atom. The molecule has 1 amide bonds. The van der Waals surface area contributed by atoms with E-state index in [9.17, 15) is 4.79 Å². The highest BCUT2D eigenvalue weighted by atomic mass is 16.3. The van der Waals surface area contributed by atoms with Crippen molar-refractivity contribution in [3.8, 4) is 0 Å². The number of amides is 1. The molecule has 2 N–H and O–H groups in total. The molecule has 0 saturated carbocycles. The van der Waals surface area contributed by atoms with Crippen LogP contribution in [0.25, 0.3) is 0 Å². The summed E-state index contributed by atoms with van der Waals surface area (Å²) in [6.45, 7) is 4.43. The molecule has 0 aliphatic heterocycles. The smallest absolute Gasteiger partial charge is 0.207 e. The molecule has 0 saturated heterocycles. The average Bonchev–Trinajstić information content (AvgIpc) is 1.82. The molecule has 0 fully saturated rings. The van der Waals surface area contributed by atoms with Crippen LogP contribution < -0.4 is 5.32 Å². The fourth-order valence-electron chi connectivity index (χ4n) is 0.812. The Kier molecular flexibility index (Phi) is 4.94. The summed E-state index contributed by atoms with van der Waals surface area (Å²) in [5, 5.41) is 11.6. The van der Waals surface area contributed by atoms with Crippen LogP contribution in [0.2, 0.25) is 0 Å². The fourth-order valence-corrected chi connectivity index (χ4v) is 0.812. The van der Waals surface area contributed by atoms with Crippen LogP contribution in [0.4, 0.5) is 0 Å². The summed E-state index contributed by atoms with van der Waals surface area (Å²) < 4.78 is 0. The molecule has 1 atom stereocenters. The predicted octanol–water partition coefficient (Wildman–Crippen LogP) is 0.139. The minimum atomic E-state index is -0.398. The van der Waals surface area contributed by atoms with Gasteiger partial charge < -0.3 is 10.4 Å². The van der Waals surface area contributed by atoms with Gasteiger partial charge >= 0.3 is 0 Å². The second-order valence-corrected chi connectivity index (χ2v) is 2.81. The lowest BCUT2D eigenvalue weighted by Crippen LogP contribution is -2.26. The quantitative estimate of drug-likeness (QED) is 0.541. The summed E-state index contributed by atoms with van der Waals surface area (Å²) in [5.41, 5.74) is 0. The van der Waals surface area contributed by atoms with Gasteiger partial charge in [-0.2, -0.15) is 0 Å². The molecule has 0 spiro atoms. The van der Waals surface area contributed by atoms with Crippen LogP contribution >= 0.6 is 0 Å². The zero-order chi connectivity index (χ0) is 7.98. The van der Waals surface area contributed by atoms with Crippen molar-refractivity contribution in [2.45, 2.75) is 26.4 Å². The van der Waals surface area contributed by atoms with Gasteiger partial charge in [0.1, 0.15) is 0 Å². The van der Waals surface area contributed by atoms with Crippen LogP contribution in [0, 0.1) is 5.92 Å². The van der Waals surface area contributed by atoms with Gasteiger partial charge in [-0.25, -0.2) is 0 Å². The highest BCUT2D eigenvalue weighted by molar-refractivity contribution is 5.45. The van der Waals surface area contributed by atoms with Gasteiger partial charge in [-0.05, 0) is 12.3 Å². The van der Waals surface area contributed by atoms with Crippen LogP contribution in [-0.4, -0.2) is 24.2 Å². The monoisotopic (exact) mass is 145 g/mol. The standard InChI is InChI=1S/C7H15NO2/c1-6(2)3-7(10)4-8-5-9/h5-7,10H,3-4H2,1-2H3,(H,8,9). The van der Waals surface area contributed by atoms with E-state index in [4.69, 9.17) is 5.11 Å². The lowest BCUT2D eigenvalue weighted by molar-refractivity contribution is -0.110. The van der Waals surface area contributed by atoms with Crippen molar-refractivity contribution in [2.24, 2.45) is 5.92 Å². The molecule has 0 aromatic rings. The Bertz CT molecular complexity index is 93.6. The highest BCUT2D eigenvalue weighted by Gasteiger charge is 2.04. The number of hydrogen-bond acceptors (Lipinski definition) is 2. The number of nitrogens with one attached hydrogen (secondary N) is 1. The third-order valence-corrected chi connectivity index (χ3v) is 1.18. The largest absolute Gasteiger partial charge is 0.391 e. The molecule has 3 heteroatoms. The maximum absolute atomic E-state index is 9.77. The normalized spacial score (nSPS) is 13.2. The van der Waals surface area contributed by atoms with Crippen molar-refractivity contribution < 1.29 is 9.90 Å². The first-order valence-corrected chi connectivity index (χ1v) is 3.52. The Balaban J connectivity index is 3.24. The van der Waals surface area contributed by atoms with Crippen molar-refractivity contribution in [3.63, 3.8) is 0 Å². The summed E-state index contributed by atoms with van der Waals surface area (Å²) in [7, 11) is 0. The van der Waals surface area contributed by atoms with Crippen LogP contribution in [0.5, 0.6) is 0 Å². The molecule has 0 aliphatic rings. The third-order valence-electron chi connectivity index (χ3n) is 1.18. The van der Waals surface area contributed by atoms with Gasteiger partial charge in [0, 0.05) is 6.54 Å². The zero-order valence-corrected chi connectivity index (χ0v) is 6.50. The molecular weight excluding hydrogens is 130 g/mol. The summed E-state index contributed by atoms with van der Waals surface area (Å²) in [4.78, 5) is 9.77. The molecule has 0 bridgehead atoms. The molecular formula is C7H15NO2. The lowest BCUT2D eigenvalue weighted by Gasteiger charge is -2.11. The molecule has 3 nitrogen and oxygen atoms in total. The van der Waals surface area contributed by atoms with Crippen LogP contribution in [0.1, 0.15) is 20.3 Å². The van der Waals surface area contributed by atoms with Crippen LogP contribution in [0.15, 0.2) is 0 Å². The van der Waals surface area contributed by atoms with Gasteiger partial charge in [0.15, 0.2) is 0 Å². The number of carbonyl (C=O) groups excluding carboxylic acids is 1. The molecule has 0 radical (unpaired) electrons. The Hall–Kier alpha value is -0.570. The van der Waals surface area contributed by atoms with E-state index < -0.39 is 6.10 Å². The third kappa shape index (κ3) is 5.56. The first kappa shape index (κ1) is 9.43. The maximum atomic E-state index is 9.77. The number of rotatable bonds is 5.